The molecule has 190 valence electrons. The summed E-state index contributed by atoms with van der Waals surface area (Å²) >= 11 is 0. The maximum atomic E-state index is 11.9. The molecule has 1 heterocycles. The van der Waals surface area contributed by atoms with Gasteiger partial charge in [0.15, 0.2) is 0 Å². The summed E-state index contributed by atoms with van der Waals surface area (Å²) in [6.45, 7) is 14.4. The SMILES string of the molecule is CCCNC(=O)c1ccc(OC(C)C)c(CC)c1.Cc1ccc(-c2cn(C)c(C(C)(C)O)n2)cc1. The Morgan fingerprint density at radius 2 is 1.80 bits per heavy atom. The number of nitrogens with zero attached hydrogens (tertiary/aromatic N) is 2. The van der Waals surface area contributed by atoms with Gasteiger partial charge in [-0.05, 0) is 71.2 Å². The lowest BCUT2D eigenvalue weighted by Crippen LogP contribution is -2.24. The molecule has 3 aromatic rings. The largest absolute Gasteiger partial charge is 0.491 e. The monoisotopic (exact) mass is 479 g/mol. The van der Waals surface area contributed by atoms with Crippen molar-refractivity contribution in [1.82, 2.24) is 14.9 Å². The number of hydrogen-bond acceptors (Lipinski definition) is 4. The van der Waals surface area contributed by atoms with E-state index in [0.717, 1.165) is 35.4 Å². The second-order valence-corrected chi connectivity index (χ2v) is 9.58. The zero-order valence-electron chi connectivity index (χ0n) is 22.5. The summed E-state index contributed by atoms with van der Waals surface area (Å²) in [5.74, 6) is 1.54. The van der Waals surface area contributed by atoms with E-state index in [-0.39, 0.29) is 12.0 Å². The second kappa shape index (κ2) is 12.5. The zero-order valence-corrected chi connectivity index (χ0v) is 22.5. The van der Waals surface area contributed by atoms with Crippen molar-refractivity contribution < 1.29 is 14.6 Å². The van der Waals surface area contributed by atoms with Crippen molar-refractivity contribution in [3.8, 4) is 17.0 Å². The van der Waals surface area contributed by atoms with E-state index in [1.807, 2.05) is 68.9 Å². The average molecular weight is 480 g/mol. The predicted octanol–water partition coefficient (Wildman–Crippen LogP) is 5.80. The van der Waals surface area contributed by atoms with Gasteiger partial charge in [0.1, 0.15) is 17.2 Å². The van der Waals surface area contributed by atoms with Gasteiger partial charge in [-0.2, -0.15) is 0 Å². The molecule has 2 N–H and O–H groups in total. The fourth-order valence-corrected chi connectivity index (χ4v) is 3.60. The van der Waals surface area contributed by atoms with Crippen LogP contribution in [0.2, 0.25) is 0 Å². The molecule has 0 bridgehead atoms. The standard InChI is InChI=1S/C15H23NO2.C14H18N2O/c1-5-9-16-15(17)13-7-8-14(18-11(3)4)12(6-2)10-13;1-10-5-7-11(8-6-10)12-9-16(4)13(15-12)14(2,3)17/h7-8,10-11H,5-6,9H2,1-4H3,(H,16,17);5-9,17H,1-4H3. The summed E-state index contributed by atoms with van der Waals surface area (Å²) in [4.78, 5) is 16.3. The first-order valence-corrected chi connectivity index (χ1v) is 12.4. The van der Waals surface area contributed by atoms with E-state index in [1.165, 1.54) is 5.56 Å². The fraction of sp³-hybridized carbons (Fsp3) is 0.448. The predicted molar refractivity (Wildman–Crippen MR) is 143 cm³/mol. The van der Waals surface area contributed by atoms with Crippen molar-refractivity contribution in [1.29, 1.82) is 0 Å². The number of amides is 1. The number of rotatable bonds is 8. The fourth-order valence-electron chi connectivity index (χ4n) is 3.60. The lowest BCUT2D eigenvalue weighted by Gasteiger charge is -2.15. The van der Waals surface area contributed by atoms with Gasteiger partial charge < -0.3 is 19.7 Å². The third-order valence-corrected chi connectivity index (χ3v) is 5.37. The Balaban J connectivity index is 0.000000247. The Labute approximate surface area is 210 Å². The van der Waals surface area contributed by atoms with Gasteiger partial charge >= 0.3 is 0 Å². The molecule has 0 unspecified atom stereocenters. The number of benzene rings is 2. The maximum absolute atomic E-state index is 11.9. The number of hydrogen-bond donors (Lipinski definition) is 2. The molecule has 0 atom stereocenters. The van der Waals surface area contributed by atoms with Crippen LogP contribution < -0.4 is 10.1 Å². The van der Waals surface area contributed by atoms with Crippen molar-refractivity contribution >= 4 is 5.91 Å². The van der Waals surface area contributed by atoms with E-state index in [9.17, 15) is 9.90 Å². The first-order chi connectivity index (χ1) is 16.5. The van der Waals surface area contributed by atoms with Crippen molar-refractivity contribution in [2.45, 2.75) is 73.0 Å². The van der Waals surface area contributed by atoms with E-state index in [0.29, 0.717) is 17.9 Å². The highest BCUT2D eigenvalue weighted by Gasteiger charge is 2.22. The van der Waals surface area contributed by atoms with Gasteiger partial charge in [-0.15, -0.1) is 0 Å². The number of imidazole rings is 1. The van der Waals surface area contributed by atoms with E-state index in [2.05, 4.69) is 36.3 Å². The summed E-state index contributed by atoms with van der Waals surface area (Å²) in [6.07, 6.45) is 3.89. The number of aliphatic hydroxyl groups is 1. The summed E-state index contributed by atoms with van der Waals surface area (Å²) in [5.41, 5.74) is 4.06. The van der Waals surface area contributed by atoms with Crippen LogP contribution in [0, 0.1) is 6.92 Å². The molecule has 0 radical (unpaired) electrons. The molecule has 0 spiro atoms. The lowest BCUT2D eigenvalue weighted by molar-refractivity contribution is 0.0659. The number of aryl methyl sites for hydroxylation is 3. The van der Waals surface area contributed by atoms with Gasteiger partial charge in [0.2, 0.25) is 0 Å². The normalized spacial score (nSPS) is 11.1. The number of carbonyl (C=O) groups excluding carboxylic acids is 1. The summed E-state index contributed by atoms with van der Waals surface area (Å²) in [5, 5.41) is 12.9. The molecule has 1 amide bonds. The molecule has 1 aromatic heterocycles. The Bertz CT molecular complexity index is 1090. The van der Waals surface area contributed by atoms with Crippen LogP contribution in [-0.2, 0) is 19.1 Å². The average Bonchev–Trinajstić information content (AvgIpc) is 3.20. The van der Waals surface area contributed by atoms with Gasteiger partial charge in [-0.25, -0.2) is 4.98 Å². The highest BCUT2D eigenvalue weighted by atomic mass is 16.5. The van der Waals surface area contributed by atoms with Crippen LogP contribution in [-0.4, -0.2) is 33.2 Å². The number of aromatic nitrogens is 2. The van der Waals surface area contributed by atoms with Gasteiger partial charge in [0, 0.05) is 30.9 Å². The smallest absolute Gasteiger partial charge is 0.251 e. The Kier molecular flexibility index (Phi) is 10.1. The minimum atomic E-state index is -0.919. The third-order valence-electron chi connectivity index (χ3n) is 5.37. The second-order valence-electron chi connectivity index (χ2n) is 9.58. The zero-order chi connectivity index (χ0) is 26.2. The molecule has 2 aromatic carbocycles. The van der Waals surface area contributed by atoms with Gasteiger partial charge in [-0.3, -0.25) is 4.79 Å². The molecular formula is C29H41N3O3. The highest BCUT2D eigenvalue weighted by Crippen LogP contribution is 2.24. The Hall–Kier alpha value is -3.12. The van der Waals surface area contributed by atoms with E-state index < -0.39 is 5.60 Å². The molecule has 6 heteroatoms. The molecule has 0 aliphatic rings. The van der Waals surface area contributed by atoms with Crippen molar-refractivity contribution in [3.63, 3.8) is 0 Å². The topological polar surface area (TPSA) is 76.4 Å². The van der Waals surface area contributed by atoms with E-state index in [4.69, 9.17) is 4.74 Å². The first kappa shape index (κ1) is 28.1. The maximum Gasteiger partial charge on any atom is 0.251 e. The van der Waals surface area contributed by atoms with Crippen LogP contribution in [0.15, 0.2) is 48.7 Å². The molecule has 0 saturated carbocycles. The van der Waals surface area contributed by atoms with Crippen LogP contribution in [0.1, 0.15) is 75.3 Å². The minimum absolute atomic E-state index is 0.0114. The Morgan fingerprint density at radius 1 is 1.14 bits per heavy atom. The summed E-state index contributed by atoms with van der Waals surface area (Å²) < 4.78 is 7.59. The van der Waals surface area contributed by atoms with Gasteiger partial charge in [0.05, 0.1) is 11.8 Å². The molecule has 6 nitrogen and oxygen atoms in total. The van der Waals surface area contributed by atoms with Crippen LogP contribution in [0.5, 0.6) is 5.75 Å². The van der Waals surface area contributed by atoms with Crippen LogP contribution in [0.4, 0.5) is 0 Å². The molecular weight excluding hydrogens is 438 g/mol. The van der Waals surface area contributed by atoms with E-state index >= 15 is 0 Å². The van der Waals surface area contributed by atoms with Crippen LogP contribution in [0.3, 0.4) is 0 Å². The van der Waals surface area contributed by atoms with Crippen LogP contribution >= 0.6 is 0 Å². The lowest BCUT2D eigenvalue weighted by atomic mass is 10.1. The first-order valence-electron chi connectivity index (χ1n) is 12.4. The van der Waals surface area contributed by atoms with Crippen molar-refractivity contribution in [3.05, 3.63) is 71.2 Å². The molecule has 0 aliphatic heterocycles. The van der Waals surface area contributed by atoms with Crippen molar-refractivity contribution in [2.75, 3.05) is 6.54 Å². The van der Waals surface area contributed by atoms with Crippen molar-refractivity contribution in [2.24, 2.45) is 7.05 Å². The Morgan fingerprint density at radius 3 is 2.31 bits per heavy atom. The summed E-state index contributed by atoms with van der Waals surface area (Å²) in [7, 11) is 1.90. The molecule has 0 aliphatic carbocycles. The minimum Gasteiger partial charge on any atom is -0.491 e. The third kappa shape index (κ3) is 8.25. The molecule has 3 rings (SSSR count). The van der Waals surface area contributed by atoms with Crippen LogP contribution in [0.25, 0.3) is 11.3 Å². The number of carbonyl (C=O) groups is 1. The summed E-state index contributed by atoms with van der Waals surface area (Å²) in [6, 6.07) is 13.9. The van der Waals surface area contributed by atoms with Gasteiger partial charge in [0.25, 0.3) is 5.91 Å². The number of ether oxygens (including phenoxy) is 1. The molecule has 35 heavy (non-hydrogen) atoms. The molecule has 0 saturated heterocycles. The van der Waals surface area contributed by atoms with Gasteiger partial charge in [-0.1, -0.05) is 43.7 Å². The molecule has 0 fully saturated rings. The highest BCUT2D eigenvalue weighted by molar-refractivity contribution is 5.94. The number of nitrogens with one attached hydrogen (secondary N) is 1. The quantitative estimate of drug-likeness (QED) is 0.428. The van der Waals surface area contributed by atoms with E-state index in [1.54, 1.807) is 13.8 Å².